The number of nitrogens with zero attached hydrogens (tertiary/aromatic N) is 4. The van der Waals surface area contributed by atoms with Gasteiger partial charge in [0, 0.05) is 31.2 Å². The number of methoxy groups -OCH3 is 1. The van der Waals surface area contributed by atoms with Gasteiger partial charge in [-0.2, -0.15) is 0 Å². The summed E-state index contributed by atoms with van der Waals surface area (Å²) in [5, 5.41) is 3.72. The van der Waals surface area contributed by atoms with Crippen LogP contribution in [0.4, 0.5) is 27.8 Å². The highest BCUT2D eigenvalue weighted by atomic mass is 35.5. The van der Waals surface area contributed by atoms with Crippen molar-refractivity contribution < 1.29 is 14.3 Å². The number of nitrogen functional groups attached to an aromatic ring is 1. The van der Waals surface area contributed by atoms with Crippen LogP contribution >= 0.6 is 11.6 Å². The van der Waals surface area contributed by atoms with Gasteiger partial charge < -0.3 is 30.3 Å². The van der Waals surface area contributed by atoms with Gasteiger partial charge in [0.1, 0.15) is 17.8 Å². The number of rotatable bonds is 5. The molecule has 10 heteroatoms. The molecule has 1 aliphatic rings. The number of amides is 1. The number of halogens is 1. The van der Waals surface area contributed by atoms with Crippen molar-refractivity contribution in [3.05, 3.63) is 29.5 Å². The summed E-state index contributed by atoms with van der Waals surface area (Å²) in [4.78, 5) is 24.1. The van der Waals surface area contributed by atoms with Crippen LogP contribution in [-0.4, -0.2) is 60.9 Å². The molecule has 0 aliphatic carbocycles. The summed E-state index contributed by atoms with van der Waals surface area (Å²) in [5.41, 5.74) is 7.39. The van der Waals surface area contributed by atoms with E-state index in [2.05, 4.69) is 15.3 Å². The number of benzene rings is 1. The van der Waals surface area contributed by atoms with Gasteiger partial charge in [0.05, 0.1) is 19.4 Å². The molecule has 3 N–H and O–H groups in total. The van der Waals surface area contributed by atoms with Crippen molar-refractivity contribution in [2.45, 2.75) is 6.92 Å². The number of nitrogens with one attached hydrogen (secondary N) is 1. The molecular weight excluding hydrogens is 384 g/mol. The first-order valence-electron chi connectivity index (χ1n) is 8.91. The fourth-order valence-electron chi connectivity index (χ4n) is 2.96. The second-order valence-corrected chi connectivity index (χ2v) is 6.54. The number of hydrogen-bond donors (Lipinski definition) is 2. The third-order valence-corrected chi connectivity index (χ3v) is 4.62. The van der Waals surface area contributed by atoms with E-state index in [1.807, 2.05) is 4.90 Å². The maximum Gasteiger partial charge on any atom is 0.409 e. The lowest BCUT2D eigenvalue weighted by molar-refractivity contribution is 0.105. The minimum atomic E-state index is -0.298. The molecule has 0 bridgehead atoms. The fraction of sp³-hybridized carbons (Fsp3) is 0.389. The molecule has 2 aromatic rings. The topological polar surface area (TPSA) is 106 Å². The maximum absolute atomic E-state index is 11.9. The van der Waals surface area contributed by atoms with Gasteiger partial charge in [-0.25, -0.2) is 14.8 Å². The molecule has 0 spiro atoms. The number of ether oxygens (including phenoxy) is 2. The van der Waals surface area contributed by atoms with Gasteiger partial charge in [0.15, 0.2) is 11.6 Å². The number of nitrogens with two attached hydrogens (primary N) is 1. The predicted molar refractivity (Wildman–Crippen MR) is 109 cm³/mol. The van der Waals surface area contributed by atoms with Crippen LogP contribution in [0.25, 0.3) is 0 Å². The molecular formula is C18H23ClN6O3. The van der Waals surface area contributed by atoms with Crippen molar-refractivity contribution in [1.29, 1.82) is 0 Å². The van der Waals surface area contributed by atoms with Crippen LogP contribution in [0.5, 0.6) is 5.75 Å². The number of piperazine rings is 1. The zero-order chi connectivity index (χ0) is 20.1. The number of carbonyl (C=O) groups is 1. The molecule has 9 nitrogen and oxygen atoms in total. The summed E-state index contributed by atoms with van der Waals surface area (Å²) in [5.74, 6) is 1.69. The fourth-order valence-corrected chi connectivity index (χ4v) is 3.13. The van der Waals surface area contributed by atoms with E-state index in [1.54, 1.807) is 37.1 Å². The second kappa shape index (κ2) is 8.83. The molecule has 0 unspecified atom stereocenters. The monoisotopic (exact) mass is 406 g/mol. The largest absolute Gasteiger partial charge is 0.495 e. The summed E-state index contributed by atoms with van der Waals surface area (Å²) in [7, 11) is 1.58. The van der Waals surface area contributed by atoms with Crippen molar-refractivity contribution in [3.8, 4) is 5.75 Å². The van der Waals surface area contributed by atoms with Crippen molar-refractivity contribution in [3.63, 3.8) is 0 Å². The van der Waals surface area contributed by atoms with Crippen molar-refractivity contribution in [2.75, 3.05) is 55.8 Å². The highest BCUT2D eigenvalue weighted by Gasteiger charge is 2.24. The highest BCUT2D eigenvalue weighted by Crippen LogP contribution is 2.34. The third-order valence-electron chi connectivity index (χ3n) is 4.38. The lowest BCUT2D eigenvalue weighted by Gasteiger charge is -2.35. The van der Waals surface area contributed by atoms with Gasteiger partial charge in [-0.15, -0.1) is 0 Å². The Hall–Kier alpha value is -2.94. The average molecular weight is 407 g/mol. The molecule has 1 aliphatic heterocycles. The van der Waals surface area contributed by atoms with Gasteiger partial charge in [0.25, 0.3) is 0 Å². The Morgan fingerprint density at radius 3 is 2.71 bits per heavy atom. The summed E-state index contributed by atoms with van der Waals surface area (Å²) < 4.78 is 10.4. The number of aromatic nitrogens is 2. The Morgan fingerprint density at radius 1 is 1.29 bits per heavy atom. The van der Waals surface area contributed by atoms with E-state index < -0.39 is 0 Å². The first kappa shape index (κ1) is 19.8. The average Bonchev–Trinajstić information content (AvgIpc) is 2.70. The predicted octanol–water partition coefficient (Wildman–Crippen LogP) is 2.74. The van der Waals surface area contributed by atoms with Gasteiger partial charge in [0.2, 0.25) is 0 Å². The maximum atomic E-state index is 11.9. The Bertz CT molecular complexity index is 842. The number of hydrogen-bond acceptors (Lipinski definition) is 8. The molecule has 0 saturated carbocycles. The van der Waals surface area contributed by atoms with Crippen LogP contribution in [0.15, 0.2) is 24.5 Å². The van der Waals surface area contributed by atoms with Gasteiger partial charge in [-0.3, -0.25) is 0 Å². The summed E-state index contributed by atoms with van der Waals surface area (Å²) in [6.07, 6.45) is 1.15. The zero-order valence-electron chi connectivity index (χ0n) is 15.8. The minimum Gasteiger partial charge on any atom is -0.495 e. The van der Waals surface area contributed by atoms with Crippen LogP contribution < -0.4 is 20.7 Å². The highest BCUT2D eigenvalue weighted by molar-refractivity contribution is 6.31. The molecule has 2 heterocycles. The second-order valence-electron chi connectivity index (χ2n) is 6.10. The van der Waals surface area contributed by atoms with E-state index >= 15 is 0 Å². The molecule has 1 aromatic heterocycles. The van der Waals surface area contributed by atoms with Gasteiger partial charge in [-0.1, -0.05) is 11.6 Å². The Kier molecular flexibility index (Phi) is 6.25. The van der Waals surface area contributed by atoms with Gasteiger partial charge in [-0.05, 0) is 25.1 Å². The molecule has 3 rings (SSSR count). The molecule has 1 fully saturated rings. The van der Waals surface area contributed by atoms with E-state index in [9.17, 15) is 4.79 Å². The summed E-state index contributed by atoms with van der Waals surface area (Å²) >= 11 is 6.08. The molecule has 0 radical (unpaired) electrons. The smallest absolute Gasteiger partial charge is 0.409 e. The summed E-state index contributed by atoms with van der Waals surface area (Å²) in [6.45, 7) is 4.42. The SMILES string of the molecule is CCOC(=O)N1CCN(c2ncnc(Nc3cc(Cl)ccc3OC)c2N)CC1. The zero-order valence-corrected chi connectivity index (χ0v) is 16.6. The quantitative estimate of drug-likeness (QED) is 0.780. The van der Waals surface area contributed by atoms with Crippen LogP contribution in [0.3, 0.4) is 0 Å². The molecule has 1 amide bonds. The first-order valence-corrected chi connectivity index (χ1v) is 9.29. The Morgan fingerprint density at radius 2 is 2.04 bits per heavy atom. The Labute approximate surface area is 168 Å². The minimum absolute atomic E-state index is 0.298. The summed E-state index contributed by atoms with van der Waals surface area (Å²) in [6, 6.07) is 5.24. The van der Waals surface area contributed by atoms with Crippen molar-refractivity contribution >= 4 is 40.7 Å². The van der Waals surface area contributed by atoms with E-state index in [0.29, 0.717) is 66.6 Å². The lowest BCUT2D eigenvalue weighted by atomic mass is 10.2. The molecule has 1 aromatic carbocycles. The molecule has 0 atom stereocenters. The Balaban J connectivity index is 1.76. The van der Waals surface area contributed by atoms with Crippen LogP contribution in [-0.2, 0) is 4.74 Å². The lowest BCUT2D eigenvalue weighted by Crippen LogP contribution is -2.49. The standard InChI is InChI=1S/C18H23ClN6O3/c1-3-28-18(26)25-8-6-24(7-9-25)17-15(20)16(21-11-22-17)23-13-10-12(19)4-5-14(13)27-2/h4-5,10-11H,3,6-9,20H2,1-2H3,(H,21,22,23). The van der Waals surface area contributed by atoms with Crippen LogP contribution in [0, 0.1) is 0 Å². The van der Waals surface area contributed by atoms with Crippen molar-refractivity contribution in [2.24, 2.45) is 0 Å². The number of carbonyl (C=O) groups excluding carboxylic acids is 1. The molecule has 28 heavy (non-hydrogen) atoms. The van der Waals surface area contributed by atoms with Crippen LogP contribution in [0.1, 0.15) is 6.92 Å². The normalized spacial score (nSPS) is 14.0. The molecule has 1 saturated heterocycles. The van der Waals surface area contributed by atoms with Crippen LogP contribution in [0.2, 0.25) is 5.02 Å². The van der Waals surface area contributed by atoms with Gasteiger partial charge >= 0.3 is 6.09 Å². The third kappa shape index (κ3) is 4.30. The van der Waals surface area contributed by atoms with E-state index in [1.165, 1.54) is 6.33 Å². The molecule has 150 valence electrons. The van der Waals surface area contributed by atoms with E-state index in [4.69, 9.17) is 26.8 Å². The van der Waals surface area contributed by atoms with Crippen molar-refractivity contribution in [1.82, 2.24) is 14.9 Å². The van der Waals surface area contributed by atoms with E-state index in [-0.39, 0.29) is 6.09 Å². The van der Waals surface area contributed by atoms with E-state index in [0.717, 1.165) is 0 Å². The number of anilines is 4. The first-order chi connectivity index (χ1) is 13.5.